The van der Waals surface area contributed by atoms with Crippen molar-refractivity contribution in [2.24, 2.45) is 7.05 Å². The molecule has 0 bridgehead atoms. The third-order valence-electron chi connectivity index (χ3n) is 6.35. The predicted molar refractivity (Wildman–Crippen MR) is 128 cm³/mol. The van der Waals surface area contributed by atoms with Gasteiger partial charge < -0.3 is 10.6 Å². The minimum absolute atomic E-state index is 0.0408. The highest BCUT2D eigenvalue weighted by atomic mass is 19.4. The highest BCUT2D eigenvalue weighted by Crippen LogP contribution is 2.33. The van der Waals surface area contributed by atoms with Crippen molar-refractivity contribution in [3.8, 4) is 11.1 Å². The molecule has 1 aliphatic rings. The number of imide groups is 1. The zero-order valence-corrected chi connectivity index (χ0v) is 19.7. The van der Waals surface area contributed by atoms with E-state index >= 15 is 0 Å². The van der Waals surface area contributed by atoms with Crippen LogP contribution >= 0.6 is 0 Å². The number of aromatic nitrogens is 2. The highest BCUT2D eigenvalue weighted by Gasteiger charge is 2.51. The van der Waals surface area contributed by atoms with Crippen LogP contribution in [0, 0.1) is 5.82 Å². The highest BCUT2D eigenvalue weighted by molar-refractivity contribution is 6.10. The van der Waals surface area contributed by atoms with Crippen molar-refractivity contribution >= 4 is 28.7 Å². The molecule has 3 N–H and O–H groups in total. The van der Waals surface area contributed by atoms with Gasteiger partial charge in [-0.3, -0.25) is 19.6 Å². The molecule has 1 saturated heterocycles. The van der Waals surface area contributed by atoms with Gasteiger partial charge in [0.05, 0.1) is 23.3 Å². The van der Waals surface area contributed by atoms with E-state index in [1.165, 1.54) is 10.7 Å². The maximum absolute atomic E-state index is 14.1. The van der Waals surface area contributed by atoms with Crippen LogP contribution in [0.1, 0.15) is 21.6 Å². The van der Waals surface area contributed by atoms with E-state index in [1.54, 1.807) is 31.3 Å². The van der Waals surface area contributed by atoms with Crippen LogP contribution in [0.5, 0.6) is 0 Å². The van der Waals surface area contributed by atoms with Gasteiger partial charge in [0.2, 0.25) is 0 Å². The lowest BCUT2D eigenvalue weighted by molar-refractivity contribution is -0.137. The van der Waals surface area contributed by atoms with Gasteiger partial charge in [-0.05, 0) is 47.5 Å². The maximum atomic E-state index is 14.1. The van der Waals surface area contributed by atoms with Crippen molar-refractivity contribution in [1.82, 2.24) is 25.7 Å². The number of rotatable bonds is 5. The maximum Gasteiger partial charge on any atom is 0.416 e. The number of hydrogen-bond donors (Lipinski definition) is 3. The lowest BCUT2D eigenvalue weighted by atomic mass is 9.91. The van der Waals surface area contributed by atoms with Crippen molar-refractivity contribution in [1.29, 1.82) is 0 Å². The van der Waals surface area contributed by atoms with Gasteiger partial charge in [0.1, 0.15) is 5.82 Å². The Kier molecular flexibility index (Phi) is 5.89. The van der Waals surface area contributed by atoms with Gasteiger partial charge in [0.25, 0.3) is 11.8 Å². The third kappa shape index (κ3) is 4.23. The fraction of sp³-hybridized carbons (Fsp3) is 0.154. The van der Waals surface area contributed by atoms with E-state index in [9.17, 15) is 31.9 Å². The van der Waals surface area contributed by atoms with Gasteiger partial charge in [0, 0.05) is 18.0 Å². The van der Waals surface area contributed by atoms with Gasteiger partial charge in [-0.1, -0.05) is 30.3 Å². The topological polar surface area (TPSA) is 105 Å². The molecule has 0 saturated carbocycles. The van der Waals surface area contributed by atoms with Crippen molar-refractivity contribution in [2.45, 2.75) is 11.7 Å². The summed E-state index contributed by atoms with van der Waals surface area (Å²) < 4.78 is 54.5. The SMILES string of the molecule is Cn1nc2ccccc2c1[C@@]1(CNC(=O)c2ccc(F)cc2-c2ccc(C(F)(F)F)cc2)NC(=O)NC1=O. The largest absolute Gasteiger partial charge is 0.416 e. The monoisotopic (exact) mass is 525 g/mol. The first-order chi connectivity index (χ1) is 18.0. The molecule has 12 heteroatoms. The number of amides is 4. The Balaban J connectivity index is 1.50. The van der Waals surface area contributed by atoms with E-state index in [0.717, 1.165) is 36.4 Å². The van der Waals surface area contributed by atoms with E-state index in [4.69, 9.17) is 0 Å². The molecule has 5 rings (SSSR count). The minimum Gasteiger partial charge on any atom is -0.349 e. The molecule has 1 fully saturated rings. The van der Waals surface area contributed by atoms with Crippen LogP contribution in [-0.2, 0) is 23.6 Å². The Morgan fingerprint density at radius 3 is 2.42 bits per heavy atom. The average Bonchev–Trinajstić information content (AvgIpc) is 3.36. The molecule has 0 aliphatic carbocycles. The quantitative estimate of drug-likeness (QED) is 0.272. The lowest BCUT2D eigenvalue weighted by Crippen LogP contribution is -2.53. The van der Waals surface area contributed by atoms with Gasteiger partial charge in [-0.25, -0.2) is 9.18 Å². The van der Waals surface area contributed by atoms with Gasteiger partial charge in [-0.15, -0.1) is 0 Å². The summed E-state index contributed by atoms with van der Waals surface area (Å²) in [4.78, 5) is 38.6. The van der Waals surface area contributed by atoms with E-state index in [0.29, 0.717) is 16.6 Å². The molecule has 0 unspecified atom stereocenters. The predicted octanol–water partition coefficient (Wildman–Crippen LogP) is 3.86. The smallest absolute Gasteiger partial charge is 0.349 e. The molecule has 2 heterocycles. The van der Waals surface area contributed by atoms with Gasteiger partial charge in [-0.2, -0.15) is 18.3 Å². The molecule has 4 aromatic rings. The number of aryl methyl sites for hydroxylation is 1. The van der Waals surface area contributed by atoms with Crippen LogP contribution in [0.4, 0.5) is 22.4 Å². The fourth-order valence-corrected chi connectivity index (χ4v) is 4.62. The molecule has 3 aromatic carbocycles. The number of carbonyl (C=O) groups is 3. The van der Waals surface area contributed by atoms with E-state index < -0.39 is 47.5 Å². The molecule has 1 atom stereocenters. The van der Waals surface area contributed by atoms with Crippen LogP contribution in [0.3, 0.4) is 0 Å². The summed E-state index contributed by atoms with van der Waals surface area (Å²) in [5, 5.41) is 12.4. The third-order valence-corrected chi connectivity index (χ3v) is 6.35. The lowest BCUT2D eigenvalue weighted by Gasteiger charge is -2.27. The van der Waals surface area contributed by atoms with Crippen LogP contribution in [-0.4, -0.2) is 34.2 Å². The molecule has 8 nitrogen and oxygen atoms in total. The number of nitrogens with zero attached hydrogens (tertiary/aromatic N) is 2. The van der Waals surface area contributed by atoms with Gasteiger partial charge in [0.15, 0.2) is 5.54 Å². The Hall–Kier alpha value is -4.74. The Labute approximate surface area is 212 Å². The van der Waals surface area contributed by atoms with E-state index in [-0.39, 0.29) is 16.7 Å². The molecular weight excluding hydrogens is 506 g/mol. The minimum atomic E-state index is -4.56. The first-order valence-corrected chi connectivity index (χ1v) is 11.3. The average molecular weight is 525 g/mol. The number of benzene rings is 3. The number of urea groups is 1. The number of hydrogen-bond acceptors (Lipinski definition) is 4. The molecule has 1 aliphatic heterocycles. The van der Waals surface area contributed by atoms with E-state index in [1.807, 2.05) is 0 Å². The zero-order chi connectivity index (χ0) is 27.2. The molecule has 38 heavy (non-hydrogen) atoms. The molecule has 0 radical (unpaired) electrons. The molecule has 4 amide bonds. The number of halogens is 4. The number of carbonyl (C=O) groups excluding carboxylic acids is 3. The summed E-state index contributed by atoms with van der Waals surface area (Å²) in [5.41, 5.74) is -1.52. The van der Waals surface area contributed by atoms with Gasteiger partial charge >= 0.3 is 12.2 Å². The van der Waals surface area contributed by atoms with Crippen molar-refractivity contribution in [3.05, 3.63) is 89.4 Å². The number of fused-ring (bicyclic) bond motifs is 1. The van der Waals surface area contributed by atoms with Crippen molar-refractivity contribution in [2.75, 3.05) is 6.54 Å². The Morgan fingerprint density at radius 2 is 1.76 bits per heavy atom. The van der Waals surface area contributed by atoms with Crippen LogP contribution in [0.25, 0.3) is 22.0 Å². The summed E-state index contributed by atoms with van der Waals surface area (Å²) in [6.07, 6.45) is -4.56. The molecule has 0 spiro atoms. The van der Waals surface area contributed by atoms with Crippen LogP contribution < -0.4 is 16.0 Å². The molecular formula is C26H19F4N5O3. The zero-order valence-electron chi connectivity index (χ0n) is 19.7. The summed E-state index contributed by atoms with van der Waals surface area (Å²) >= 11 is 0. The van der Waals surface area contributed by atoms with Crippen molar-refractivity contribution in [3.63, 3.8) is 0 Å². The van der Waals surface area contributed by atoms with Crippen molar-refractivity contribution < 1.29 is 31.9 Å². The Morgan fingerprint density at radius 1 is 1.05 bits per heavy atom. The standard InChI is InChI=1S/C26H19F4N5O3/c1-35-21(18-4-2-3-5-20(18)34-35)25(23(37)32-24(38)33-25)13-31-22(36)17-11-10-16(27)12-19(17)14-6-8-15(9-7-14)26(28,29)30/h2-12H,13H2,1H3,(H,31,36)(H2,32,33,37,38)/t25-/m1/s1. The normalized spacial score (nSPS) is 17.4. The molecule has 1 aromatic heterocycles. The Bertz CT molecular complexity index is 1600. The number of alkyl halides is 3. The molecule has 194 valence electrons. The van der Waals surface area contributed by atoms with Crippen LogP contribution in [0.2, 0.25) is 0 Å². The first kappa shape index (κ1) is 24.9. The summed E-state index contributed by atoms with van der Waals surface area (Å²) in [5.74, 6) is -2.14. The van der Waals surface area contributed by atoms with Crippen LogP contribution in [0.15, 0.2) is 66.7 Å². The first-order valence-electron chi connectivity index (χ1n) is 11.3. The number of nitrogens with one attached hydrogen (secondary N) is 3. The second kappa shape index (κ2) is 8.98. The summed E-state index contributed by atoms with van der Waals surface area (Å²) in [6, 6.07) is 13.4. The summed E-state index contributed by atoms with van der Waals surface area (Å²) in [7, 11) is 1.60. The fourth-order valence-electron chi connectivity index (χ4n) is 4.62. The van der Waals surface area contributed by atoms with E-state index in [2.05, 4.69) is 21.0 Å². The summed E-state index contributed by atoms with van der Waals surface area (Å²) in [6.45, 7) is -0.392. The second-order valence-electron chi connectivity index (χ2n) is 8.75. The second-order valence-corrected chi connectivity index (χ2v) is 8.75.